The fourth-order valence-electron chi connectivity index (χ4n) is 1.58. The number of aryl methyl sites for hydroxylation is 1. The highest BCUT2D eigenvalue weighted by molar-refractivity contribution is 5.74. The van der Waals surface area contributed by atoms with Gasteiger partial charge in [-0.3, -0.25) is 9.78 Å². The van der Waals surface area contributed by atoms with Crippen LogP contribution in [0.5, 0.6) is 0 Å². The normalized spacial score (nSPS) is 10.9. The van der Waals surface area contributed by atoms with Gasteiger partial charge in [0, 0.05) is 13.2 Å². The number of hydrogen-bond acceptors (Lipinski definition) is 5. The van der Waals surface area contributed by atoms with Crippen LogP contribution < -0.4 is 5.32 Å². The Balaban J connectivity index is 1.81. The molecule has 3 rings (SSSR count). The number of fused-ring (bicyclic) bond motifs is 1. The molecule has 0 aromatic carbocycles. The largest absolute Gasteiger partial charge is 0.349 e. The Morgan fingerprint density at radius 2 is 2.35 bits per heavy atom. The van der Waals surface area contributed by atoms with E-state index in [2.05, 4.69) is 30.6 Å². The minimum absolute atomic E-state index is 0.583. The van der Waals surface area contributed by atoms with Gasteiger partial charge in [-0.1, -0.05) is 0 Å². The van der Waals surface area contributed by atoms with Crippen LogP contribution in [0.2, 0.25) is 0 Å². The molecule has 3 aromatic rings. The minimum Gasteiger partial charge on any atom is -0.349 e. The van der Waals surface area contributed by atoms with Crippen LogP contribution >= 0.6 is 0 Å². The van der Waals surface area contributed by atoms with Crippen LogP contribution in [0.15, 0.2) is 24.7 Å². The molecule has 0 saturated carbocycles. The molecule has 0 aliphatic rings. The molecular weight excluding hydrogens is 218 g/mol. The van der Waals surface area contributed by atoms with Gasteiger partial charge in [-0.2, -0.15) is 10.2 Å². The van der Waals surface area contributed by atoms with Crippen molar-refractivity contribution in [1.29, 1.82) is 0 Å². The molecule has 7 nitrogen and oxygen atoms in total. The van der Waals surface area contributed by atoms with Gasteiger partial charge in [0.25, 0.3) is 0 Å². The Hall–Kier alpha value is -2.44. The predicted octanol–water partition coefficient (Wildman–Crippen LogP) is 0.698. The summed E-state index contributed by atoms with van der Waals surface area (Å²) in [6.45, 7) is 0.617. The minimum atomic E-state index is 0.583. The van der Waals surface area contributed by atoms with E-state index in [1.54, 1.807) is 23.3 Å². The van der Waals surface area contributed by atoms with Crippen molar-refractivity contribution in [1.82, 2.24) is 29.9 Å². The summed E-state index contributed by atoms with van der Waals surface area (Å²) >= 11 is 0. The molecule has 0 bridgehead atoms. The number of H-pyrrole nitrogens is 1. The van der Waals surface area contributed by atoms with Gasteiger partial charge >= 0.3 is 0 Å². The molecule has 0 atom stereocenters. The second kappa shape index (κ2) is 3.85. The Kier molecular flexibility index (Phi) is 2.21. The van der Waals surface area contributed by atoms with Crippen molar-refractivity contribution in [3.8, 4) is 0 Å². The number of anilines is 1. The van der Waals surface area contributed by atoms with E-state index >= 15 is 0 Å². The molecule has 0 fully saturated rings. The van der Waals surface area contributed by atoms with Gasteiger partial charge < -0.3 is 5.32 Å². The number of aromatic nitrogens is 6. The smallest absolute Gasteiger partial charge is 0.223 e. The molecule has 0 saturated heterocycles. The highest BCUT2D eigenvalue weighted by atomic mass is 15.3. The van der Waals surface area contributed by atoms with Crippen LogP contribution in [0, 0.1) is 0 Å². The van der Waals surface area contributed by atoms with E-state index in [0.29, 0.717) is 12.5 Å². The Morgan fingerprint density at radius 3 is 3.18 bits per heavy atom. The van der Waals surface area contributed by atoms with E-state index in [4.69, 9.17) is 0 Å². The molecule has 0 amide bonds. The fourth-order valence-corrected chi connectivity index (χ4v) is 1.58. The molecule has 17 heavy (non-hydrogen) atoms. The van der Waals surface area contributed by atoms with E-state index in [9.17, 15) is 0 Å². The van der Waals surface area contributed by atoms with Crippen molar-refractivity contribution < 1.29 is 0 Å². The second-order valence-corrected chi connectivity index (χ2v) is 3.67. The number of hydrogen-bond donors (Lipinski definition) is 2. The summed E-state index contributed by atoms with van der Waals surface area (Å²) in [6, 6.07) is 1.90. The van der Waals surface area contributed by atoms with E-state index in [0.717, 1.165) is 16.7 Å². The van der Waals surface area contributed by atoms with Crippen molar-refractivity contribution in [2.45, 2.75) is 6.54 Å². The van der Waals surface area contributed by atoms with Gasteiger partial charge in [0.1, 0.15) is 11.0 Å². The summed E-state index contributed by atoms with van der Waals surface area (Å²) in [4.78, 5) is 8.58. The van der Waals surface area contributed by atoms with Gasteiger partial charge in [-0.25, -0.2) is 9.97 Å². The van der Waals surface area contributed by atoms with Gasteiger partial charge in [-0.15, -0.1) is 0 Å². The first-order valence-corrected chi connectivity index (χ1v) is 5.20. The van der Waals surface area contributed by atoms with Crippen LogP contribution in [-0.4, -0.2) is 29.9 Å². The molecule has 0 unspecified atom stereocenters. The topological polar surface area (TPSA) is 84.3 Å². The number of rotatable bonds is 3. The first kappa shape index (κ1) is 9.76. The maximum Gasteiger partial charge on any atom is 0.223 e. The van der Waals surface area contributed by atoms with Crippen molar-refractivity contribution in [3.63, 3.8) is 0 Å². The molecule has 7 heteroatoms. The zero-order valence-electron chi connectivity index (χ0n) is 9.25. The lowest BCUT2D eigenvalue weighted by molar-refractivity contribution is 0.795. The maximum atomic E-state index is 4.36. The van der Waals surface area contributed by atoms with Crippen LogP contribution in [0.25, 0.3) is 11.0 Å². The van der Waals surface area contributed by atoms with Crippen molar-refractivity contribution >= 4 is 17.0 Å². The lowest BCUT2D eigenvalue weighted by Crippen LogP contribution is -2.04. The lowest BCUT2D eigenvalue weighted by atomic mass is 10.4. The average molecular weight is 229 g/mol. The zero-order chi connectivity index (χ0) is 11.7. The molecule has 0 aliphatic heterocycles. The summed E-state index contributed by atoms with van der Waals surface area (Å²) in [7, 11) is 1.86. The van der Waals surface area contributed by atoms with Gasteiger partial charge in [-0.05, 0) is 6.07 Å². The standard InChI is InChI=1S/C10H11N7/c1-17-9-6-12-10(15-8(9)5-14-17)11-4-7-2-3-13-16-7/h2-3,5-6H,4H2,1H3,(H,13,16)(H,11,12,15). The summed E-state index contributed by atoms with van der Waals surface area (Å²) in [5.74, 6) is 0.583. The van der Waals surface area contributed by atoms with Crippen LogP contribution in [0.1, 0.15) is 5.69 Å². The molecule has 2 N–H and O–H groups in total. The Morgan fingerprint density at radius 1 is 1.41 bits per heavy atom. The van der Waals surface area contributed by atoms with Crippen LogP contribution in [-0.2, 0) is 13.6 Å². The summed E-state index contributed by atoms with van der Waals surface area (Å²) in [5, 5.41) is 14.0. The van der Waals surface area contributed by atoms with Crippen molar-refractivity contribution in [2.75, 3.05) is 5.32 Å². The van der Waals surface area contributed by atoms with E-state index in [1.807, 2.05) is 13.1 Å². The Bertz CT molecular complexity index is 625. The third kappa shape index (κ3) is 1.82. The molecule has 86 valence electrons. The number of aromatic amines is 1. The second-order valence-electron chi connectivity index (χ2n) is 3.67. The third-order valence-electron chi connectivity index (χ3n) is 2.50. The molecule has 0 spiro atoms. The zero-order valence-corrected chi connectivity index (χ0v) is 9.25. The highest BCUT2D eigenvalue weighted by Gasteiger charge is 2.03. The predicted molar refractivity (Wildman–Crippen MR) is 62.2 cm³/mol. The third-order valence-corrected chi connectivity index (χ3v) is 2.50. The summed E-state index contributed by atoms with van der Waals surface area (Å²) in [5.41, 5.74) is 2.73. The Labute approximate surface area is 96.9 Å². The van der Waals surface area contributed by atoms with Crippen LogP contribution in [0.4, 0.5) is 5.95 Å². The summed E-state index contributed by atoms with van der Waals surface area (Å²) in [6.07, 6.45) is 5.19. The first-order valence-electron chi connectivity index (χ1n) is 5.20. The van der Waals surface area contributed by atoms with Crippen LogP contribution in [0.3, 0.4) is 0 Å². The first-order chi connectivity index (χ1) is 8.33. The average Bonchev–Trinajstić information content (AvgIpc) is 2.97. The number of nitrogens with one attached hydrogen (secondary N) is 2. The van der Waals surface area contributed by atoms with Crippen molar-refractivity contribution in [3.05, 3.63) is 30.4 Å². The monoisotopic (exact) mass is 229 g/mol. The van der Waals surface area contributed by atoms with Crippen molar-refractivity contribution in [2.24, 2.45) is 7.05 Å². The number of nitrogens with zero attached hydrogens (tertiary/aromatic N) is 5. The van der Waals surface area contributed by atoms with E-state index in [-0.39, 0.29) is 0 Å². The fraction of sp³-hybridized carbons (Fsp3) is 0.200. The molecular formula is C10H11N7. The van der Waals surface area contributed by atoms with Gasteiger partial charge in [0.15, 0.2) is 0 Å². The molecule has 3 heterocycles. The lowest BCUT2D eigenvalue weighted by Gasteiger charge is -2.02. The molecule has 3 aromatic heterocycles. The SMILES string of the molecule is Cn1ncc2nc(NCc3ccn[nH]3)ncc21. The molecule has 0 aliphatic carbocycles. The maximum absolute atomic E-state index is 4.36. The van der Waals surface area contributed by atoms with Gasteiger partial charge in [0.2, 0.25) is 5.95 Å². The van der Waals surface area contributed by atoms with Gasteiger partial charge in [0.05, 0.1) is 24.6 Å². The van der Waals surface area contributed by atoms with E-state index in [1.165, 1.54) is 0 Å². The highest BCUT2D eigenvalue weighted by Crippen LogP contribution is 2.11. The quantitative estimate of drug-likeness (QED) is 0.690. The molecule has 0 radical (unpaired) electrons. The summed E-state index contributed by atoms with van der Waals surface area (Å²) < 4.78 is 1.74. The van der Waals surface area contributed by atoms with E-state index < -0.39 is 0 Å².